The van der Waals surface area contributed by atoms with Crippen molar-refractivity contribution in [3.63, 3.8) is 0 Å². The van der Waals surface area contributed by atoms with Crippen molar-refractivity contribution in [1.82, 2.24) is 4.90 Å². The summed E-state index contributed by atoms with van der Waals surface area (Å²) in [5, 5.41) is 2.77. The number of hydrogen-bond donors (Lipinski definition) is 1. The molecular formula is C14H20N2O3. The van der Waals surface area contributed by atoms with E-state index in [1.807, 2.05) is 31.2 Å². The van der Waals surface area contributed by atoms with E-state index >= 15 is 0 Å². The lowest BCUT2D eigenvalue weighted by molar-refractivity contribution is -0.144. The van der Waals surface area contributed by atoms with Crippen LogP contribution < -0.4 is 5.32 Å². The molecule has 0 heterocycles. The quantitative estimate of drug-likeness (QED) is 0.790. The van der Waals surface area contributed by atoms with Crippen LogP contribution in [0.25, 0.3) is 0 Å². The number of carbonyl (C=O) groups excluding carboxylic acids is 2. The highest BCUT2D eigenvalue weighted by molar-refractivity contribution is 5.92. The number of likely N-dealkylation sites (N-methyl/N-ethyl adjacent to an activating group) is 1. The second-order valence-electron chi connectivity index (χ2n) is 4.39. The first kappa shape index (κ1) is 15.2. The van der Waals surface area contributed by atoms with E-state index in [4.69, 9.17) is 4.74 Å². The molecule has 0 radical (unpaired) electrons. The van der Waals surface area contributed by atoms with E-state index in [-0.39, 0.29) is 25.0 Å². The van der Waals surface area contributed by atoms with Crippen molar-refractivity contribution in [3.05, 3.63) is 29.8 Å². The molecule has 104 valence electrons. The van der Waals surface area contributed by atoms with Crippen LogP contribution in [0.2, 0.25) is 0 Å². The number of nitrogens with one attached hydrogen (secondary N) is 1. The van der Waals surface area contributed by atoms with Gasteiger partial charge in [-0.25, -0.2) is 0 Å². The molecule has 0 spiro atoms. The summed E-state index contributed by atoms with van der Waals surface area (Å²) in [5.41, 5.74) is 1.89. The summed E-state index contributed by atoms with van der Waals surface area (Å²) in [6, 6.07) is 7.55. The molecular weight excluding hydrogens is 244 g/mol. The number of rotatable bonds is 6. The Morgan fingerprint density at radius 1 is 1.21 bits per heavy atom. The van der Waals surface area contributed by atoms with Crippen LogP contribution in [0.3, 0.4) is 0 Å². The third kappa shape index (κ3) is 6.01. The largest absolute Gasteiger partial charge is 0.465 e. The van der Waals surface area contributed by atoms with Gasteiger partial charge in [-0.15, -0.1) is 0 Å². The van der Waals surface area contributed by atoms with Crippen LogP contribution in [-0.4, -0.2) is 43.5 Å². The number of hydrogen-bond acceptors (Lipinski definition) is 4. The molecule has 5 heteroatoms. The lowest BCUT2D eigenvalue weighted by Gasteiger charge is -2.15. The molecule has 0 aliphatic rings. The van der Waals surface area contributed by atoms with Gasteiger partial charge in [-0.05, 0) is 33.0 Å². The normalized spacial score (nSPS) is 10.3. The van der Waals surface area contributed by atoms with Gasteiger partial charge in [-0.2, -0.15) is 0 Å². The van der Waals surface area contributed by atoms with E-state index in [0.29, 0.717) is 6.61 Å². The molecule has 1 aromatic carbocycles. The Morgan fingerprint density at radius 3 is 2.42 bits per heavy atom. The monoisotopic (exact) mass is 264 g/mol. The Kier molecular flexibility index (Phi) is 6.02. The second kappa shape index (κ2) is 7.53. The highest BCUT2D eigenvalue weighted by Crippen LogP contribution is 2.08. The summed E-state index contributed by atoms with van der Waals surface area (Å²) < 4.78 is 4.81. The Labute approximate surface area is 113 Å². The van der Waals surface area contributed by atoms with Crippen LogP contribution in [0.5, 0.6) is 0 Å². The van der Waals surface area contributed by atoms with Crippen molar-refractivity contribution >= 4 is 17.6 Å². The van der Waals surface area contributed by atoms with Gasteiger partial charge in [0.15, 0.2) is 0 Å². The lowest BCUT2D eigenvalue weighted by Crippen LogP contribution is -2.34. The summed E-state index contributed by atoms with van der Waals surface area (Å²) in [4.78, 5) is 24.6. The van der Waals surface area contributed by atoms with Crippen LogP contribution in [-0.2, 0) is 14.3 Å². The molecule has 0 atom stereocenters. The first-order chi connectivity index (χ1) is 9.01. The van der Waals surface area contributed by atoms with E-state index in [0.717, 1.165) is 11.3 Å². The maximum Gasteiger partial charge on any atom is 0.320 e. The van der Waals surface area contributed by atoms with Crippen LogP contribution in [0.4, 0.5) is 5.69 Å². The summed E-state index contributed by atoms with van der Waals surface area (Å²) in [6.45, 7) is 4.34. The lowest BCUT2D eigenvalue weighted by atomic mass is 10.2. The smallest absolute Gasteiger partial charge is 0.320 e. The minimum Gasteiger partial charge on any atom is -0.465 e. The Morgan fingerprint density at radius 2 is 1.84 bits per heavy atom. The minimum absolute atomic E-state index is 0.106. The Balaban J connectivity index is 2.38. The first-order valence-corrected chi connectivity index (χ1v) is 6.22. The summed E-state index contributed by atoms with van der Waals surface area (Å²) >= 11 is 0. The number of nitrogens with zero attached hydrogens (tertiary/aromatic N) is 1. The molecule has 1 amide bonds. The maximum absolute atomic E-state index is 11.7. The number of carbonyl (C=O) groups is 2. The highest BCUT2D eigenvalue weighted by atomic mass is 16.5. The number of aryl methyl sites for hydroxylation is 1. The third-order valence-electron chi connectivity index (χ3n) is 2.45. The Bertz CT molecular complexity index is 429. The zero-order valence-corrected chi connectivity index (χ0v) is 11.6. The zero-order valence-electron chi connectivity index (χ0n) is 11.6. The van der Waals surface area contributed by atoms with Gasteiger partial charge in [0.2, 0.25) is 5.91 Å². The number of anilines is 1. The minimum atomic E-state index is -0.326. The van der Waals surface area contributed by atoms with Gasteiger partial charge in [0.25, 0.3) is 0 Å². The average molecular weight is 264 g/mol. The molecule has 19 heavy (non-hydrogen) atoms. The van der Waals surface area contributed by atoms with Gasteiger partial charge in [0.1, 0.15) is 0 Å². The predicted octanol–water partition coefficient (Wildman–Crippen LogP) is 1.43. The van der Waals surface area contributed by atoms with E-state index < -0.39 is 0 Å². The number of amides is 1. The fourth-order valence-corrected chi connectivity index (χ4v) is 1.57. The third-order valence-corrected chi connectivity index (χ3v) is 2.45. The SMILES string of the molecule is CCOC(=O)CN(C)CC(=O)Nc1ccc(C)cc1. The summed E-state index contributed by atoms with van der Waals surface area (Å²) in [5.74, 6) is -0.483. The van der Waals surface area contributed by atoms with Gasteiger partial charge in [-0.1, -0.05) is 17.7 Å². The molecule has 0 fully saturated rings. The van der Waals surface area contributed by atoms with Crippen molar-refractivity contribution in [2.24, 2.45) is 0 Å². The van der Waals surface area contributed by atoms with Crippen LogP contribution >= 0.6 is 0 Å². The van der Waals surface area contributed by atoms with Crippen LogP contribution in [0, 0.1) is 6.92 Å². The van der Waals surface area contributed by atoms with Gasteiger partial charge < -0.3 is 10.1 Å². The topological polar surface area (TPSA) is 58.6 Å². The van der Waals surface area contributed by atoms with E-state index in [1.54, 1.807) is 18.9 Å². The van der Waals surface area contributed by atoms with E-state index in [1.165, 1.54) is 0 Å². The number of benzene rings is 1. The predicted molar refractivity (Wildman–Crippen MR) is 73.9 cm³/mol. The molecule has 1 aromatic rings. The molecule has 0 aliphatic heterocycles. The van der Waals surface area contributed by atoms with Gasteiger partial charge >= 0.3 is 5.97 Å². The fraction of sp³-hybridized carbons (Fsp3) is 0.429. The molecule has 0 aromatic heterocycles. The van der Waals surface area contributed by atoms with E-state index in [9.17, 15) is 9.59 Å². The van der Waals surface area contributed by atoms with Crippen molar-refractivity contribution in [3.8, 4) is 0 Å². The summed E-state index contributed by atoms with van der Waals surface area (Å²) in [7, 11) is 1.70. The molecule has 1 N–H and O–H groups in total. The second-order valence-corrected chi connectivity index (χ2v) is 4.39. The van der Waals surface area contributed by atoms with Gasteiger partial charge in [0, 0.05) is 5.69 Å². The van der Waals surface area contributed by atoms with Crippen molar-refractivity contribution in [1.29, 1.82) is 0 Å². The number of esters is 1. The van der Waals surface area contributed by atoms with Crippen molar-refractivity contribution in [2.45, 2.75) is 13.8 Å². The molecule has 0 saturated carbocycles. The fourth-order valence-electron chi connectivity index (χ4n) is 1.57. The molecule has 0 aliphatic carbocycles. The van der Waals surface area contributed by atoms with Gasteiger partial charge in [-0.3, -0.25) is 14.5 Å². The zero-order chi connectivity index (χ0) is 14.3. The molecule has 5 nitrogen and oxygen atoms in total. The standard InChI is InChI=1S/C14H20N2O3/c1-4-19-14(18)10-16(3)9-13(17)15-12-7-5-11(2)6-8-12/h5-8H,4,9-10H2,1-3H3,(H,15,17). The Hall–Kier alpha value is -1.88. The first-order valence-electron chi connectivity index (χ1n) is 6.22. The van der Waals surface area contributed by atoms with Crippen molar-refractivity contribution in [2.75, 3.05) is 32.1 Å². The molecule has 0 unspecified atom stereocenters. The molecule has 1 rings (SSSR count). The average Bonchev–Trinajstić information content (AvgIpc) is 2.32. The number of ether oxygens (including phenoxy) is 1. The summed E-state index contributed by atoms with van der Waals surface area (Å²) in [6.07, 6.45) is 0. The van der Waals surface area contributed by atoms with E-state index in [2.05, 4.69) is 5.32 Å². The maximum atomic E-state index is 11.7. The molecule has 0 bridgehead atoms. The van der Waals surface area contributed by atoms with Crippen molar-refractivity contribution < 1.29 is 14.3 Å². The highest BCUT2D eigenvalue weighted by Gasteiger charge is 2.11. The van der Waals surface area contributed by atoms with Crippen LogP contribution in [0.1, 0.15) is 12.5 Å². The molecule has 0 saturated heterocycles. The van der Waals surface area contributed by atoms with Gasteiger partial charge in [0.05, 0.1) is 19.7 Å². The van der Waals surface area contributed by atoms with Crippen LogP contribution in [0.15, 0.2) is 24.3 Å².